The largest absolute Gasteiger partial charge is 0.490 e. The summed E-state index contributed by atoms with van der Waals surface area (Å²) in [6.07, 6.45) is 1.52. The Morgan fingerprint density at radius 2 is 2.07 bits per heavy atom. The summed E-state index contributed by atoms with van der Waals surface area (Å²) in [6.45, 7) is 3.77. The third kappa shape index (κ3) is 5.80. The van der Waals surface area contributed by atoms with Gasteiger partial charge in [-0.2, -0.15) is 5.10 Å². The Kier molecular flexibility index (Phi) is 6.86. The zero-order valence-electron chi connectivity index (χ0n) is 15.6. The fourth-order valence-electron chi connectivity index (χ4n) is 1.87. The van der Waals surface area contributed by atoms with Gasteiger partial charge in [-0.1, -0.05) is 0 Å². The van der Waals surface area contributed by atoms with E-state index in [1.165, 1.54) is 11.1 Å². The van der Waals surface area contributed by atoms with Gasteiger partial charge in [0, 0.05) is 14.1 Å². The Labute approximate surface area is 156 Å². The van der Waals surface area contributed by atoms with Crippen molar-refractivity contribution in [3.05, 3.63) is 39.8 Å². The van der Waals surface area contributed by atoms with Crippen molar-refractivity contribution in [2.45, 2.75) is 13.8 Å². The van der Waals surface area contributed by atoms with Crippen LogP contribution in [0.4, 0.5) is 5.95 Å². The standard InChI is InChI=1S/C17H22N6O4/c1-5-26-14-8-12(6-7-13(14)27-10-15(24)23(3)4)9-18-21-17-19-16(25)11(2)20-22-17/h6-9H,5,10H2,1-4H3,(H2,19,21,22,25)/b18-9-. The van der Waals surface area contributed by atoms with E-state index in [0.29, 0.717) is 18.1 Å². The molecule has 0 radical (unpaired) electrons. The monoisotopic (exact) mass is 374 g/mol. The number of hydrogen-bond acceptors (Lipinski definition) is 8. The topological polar surface area (TPSA) is 122 Å². The third-order valence-electron chi connectivity index (χ3n) is 3.36. The highest BCUT2D eigenvalue weighted by Crippen LogP contribution is 2.28. The van der Waals surface area contributed by atoms with Crippen molar-refractivity contribution in [2.75, 3.05) is 32.7 Å². The normalized spacial score (nSPS) is 10.7. The number of likely N-dealkylation sites (N-methyl/N-ethyl adjacent to an activating group) is 1. The summed E-state index contributed by atoms with van der Waals surface area (Å²) in [7, 11) is 3.32. The molecule has 0 aliphatic heterocycles. The summed E-state index contributed by atoms with van der Waals surface area (Å²) in [5, 5.41) is 11.5. The van der Waals surface area contributed by atoms with Crippen LogP contribution in [0.25, 0.3) is 0 Å². The molecule has 0 aliphatic carbocycles. The number of ether oxygens (including phenoxy) is 2. The van der Waals surface area contributed by atoms with Crippen molar-refractivity contribution < 1.29 is 14.3 Å². The molecule has 2 N–H and O–H groups in total. The average Bonchev–Trinajstić information content (AvgIpc) is 2.64. The minimum atomic E-state index is -0.338. The highest BCUT2D eigenvalue weighted by molar-refractivity contribution is 5.81. The molecule has 0 saturated carbocycles. The molecule has 0 aliphatic rings. The lowest BCUT2D eigenvalue weighted by atomic mass is 10.2. The molecule has 1 aromatic heterocycles. The van der Waals surface area contributed by atoms with Gasteiger partial charge in [-0.3, -0.25) is 14.6 Å². The number of carbonyl (C=O) groups excluding carboxylic acids is 1. The summed E-state index contributed by atoms with van der Waals surface area (Å²) in [5.74, 6) is 0.942. The predicted octanol–water partition coefficient (Wildman–Crippen LogP) is 0.785. The van der Waals surface area contributed by atoms with Crippen LogP contribution in [0.1, 0.15) is 18.2 Å². The maximum atomic E-state index is 11.7. The van der Waals surface area contributed by atoms with Crippen LogP contribution >= 0.6 is 0 Å². The number of nitrogens with one attached hydrogen (secondary N) is 2. The summed E-state index contributed by atoms with van der Waals surface area (Å²) < 4.78 is 11.1. The SMILES string of the molecule is CCOc1cc(/C=N\Nc2nnc(C)c(=O)[nH]2)ccc1OCC(=O)N(C)C. The summed E-state index contributed by atoms with van der Waals surface area (Å²) in [6, 6.07) is 5.18. The van der Waals surface area contributed by atoms with E-state index in [9.17, 15) is 9.59 Å². The fraction of sp³-hybridized carbons (Fsp3) is 0.353. The van der Waals surface area contributed by atoms with Crippen LogP contribution < -0.4 is 20.5 Å². The Morgan fingerprint density at radius 3 is 2.74 bits per heavy atom. The molecular weight excluding hydrogens is 352 g/mol. The average molecular weight is 374 g/mol. The van der Waals surface area contributed by atoms with Crippen LogP contribution in [0.15, 0.2) is 28.1 Å². The van der Waals surface area contributed by atoms with Crippen LogP contribution in [-0.2, 0) is 4.79 Å². The molecule has 1 heterocycles. The smallest absolute Gasteiger partial charge is 0.274 e. The zero-order valence-corrected chi connectivity index (χ0v) is 15.6. The molecule has 10 heteroatoms. The highest BCUT2D eigenvalue weighted by Gasteiger charge is 2.10. The van der Waals surface area contributed by atoms with Crippen LogP contribution in [0, 0.1) is 6.92 Å². The van der Waals surface area contributed by atoms with E-state index in [1.807, 2.05) is 6.92 Å². The van der Waals surface area contributed by atoms with E-state index in [4.69, 9.17) is 9.47 Å². The molecule has 1 amide bonds. The van der Waals surface area contributed by atoms with Crippen molar-refractivity contribution in [1.29, 1.82) is 0 Å². The molecule has 0 unspecified atom stereocenters. The first-order valence-electron chi connectivity index (χ1n) is 8.23. The van der Waals surface area contributed by atoms with Gasteiger partial charge in [-0.15, -0.1) is 10.2 Å². The Bertz CT molecular complexity index is 878. The Balaban J connectivity index is 2.08. The number of aromatic nitrogens is 3. The molecule has 0 bridgehead atoms. The second-order valence-corrected chi connectivity index (χ2v) is 5.67. The first kappa shape index (κ1) is 19.9. The maximum absolute atomic E-state index is 11.7. The molecular formula is C17H22N6O4. The van der Waals surface area contributed by atoms with Gasteiger partial charge < -0.3 is 14.4 Å². The number of hydrazone groups is 1. The molecule has 10 nitrogen and oxygen atoms in total. The minimum Gasteiger partial charge on any atom is -0.490 e. The number of benzene rings is 1. The van der Waals surface area contributed by atoms with Crippen molar-refractivity contribution in [1.82, 2.24) is 20.1 Å². The van der Waals surface area contributed by atoms with Crippen LogP contribution in [0.5, 0.6) is 11.5 Å². The van der Waals surface area contributed by atoms with Crippen molar-refractivity contribution in [3.63, 3.8) is 0 Å². The van der Waals surface area contributed by atoms with Crippen LogP contribution in [0.2, 0.25) is 0 Å². The van der Waals surface area contributed by atoms with Gasteiger partial charge in [0.15, 0.2) is 18.1 Å². The number of amides is 1. The lowest BCUT2D eigenvalue weighted by Crippen LogP contribution is -2.27. The van der Waals surface area contributed by atoms with E-state index in [0.717, 1.165) is 5.56 Å². The molecule has 0 spiro atoms. The second kappa shape index (κ2) is 9.32. The van der Waals surface area contributed by atoms with Gasteiger partial charge in [0.25, 0.3) is 11.5 Å². The quantitative estimate of drug-likeness (QED) is 0.517. The lowest BCUT2D eigenvalue weighted by Gasteiger charge is -2.14. The molecule has 2 aromatic rings. The van der Waals surface area contributed by atoms with Crippen molar-refractivity contribution in [2.24, 2.45) is 5.10 Å². The van der Waals surface area contributed by atoms with E-state index >= 15 is 0 Å². The van der Waals surface area contributed by atoms with Crippen molar-refractivity contribution in [3.8, 4) is 11.5 Å². The Morgan fingerprint density at radius 1 is 1.30 bits per heavy atom. The molecule has 2 rings (SSSR count). The number of rotatable bonds is 8. The van der Waals surface area contributed by atoms with Gasteiger partial charge in [-0.05, 0) is 37.6 Å². The molecule has 1 aromatic carbocycles. The first-order chi connectivity index (χ1) is 12.9. The number of aromatic amines is 1. The third-order valence-corrected chi connectivity index (χ3v) is 3.36. The van der Waals surface area contributed by atoms with E-state index in [1.54, 1.807) is 39.2 Å². The molecule has 0 fully saturated rings. The van der Waals surface area contributed by atoms with E-state index < -0.39 is 0 Å². The van der Waals surface area contributed by atoms with Crippen LogP contribution in [-0.4, -0.2) is 59.5 Å². The van der Waals surface area contributed by atoms with Gasteiger partial charge >= 0.3 is 0 Å². The lowest BCUT2D eigenvalue weighted by molar-refractivity contribution is -0.130. The van der Waals surface area contributed by atoms with E-state index in [-0.39, 0.29) is 29.7 Å². The van der Waals surface area contributed by atoms with Crippen LogP contribution in [0.3, 0.4) is 0 Å². The summed E-state index contributed by atoms with van der Waals surface area (Å²) in [4.78, 5) is 27.1. The fourth-order valence-corrected chi connectivity index (χ4v) is 1.87. The second-order valence-electron chi connectivity index (χ2n) is 5.67. The summed E-state index contributed by atoms with van der Waals surface area (Å²) in [5.41, 5.74) is 3.25. The van der Waals surface area contributed by atoms with Gasteiger partial charge in [0.1, 0.15) is 5.69 Å². The number of nitrogens with zero attached hydrogens (tertiary/aromatic N) is 4. The van der Waals surface area contributed by atoms with Gasteiger partial charge in [0.05, 0.1) is 12.8 Å². The molecule has 27 heavy (non-hydrogen) atoms. The summed E-state index contributed by atoms with van der Waals surface area (Å²) >= 11 is 0. The molecule has 0 atom stereocenters. The number of carbonyl (C=O) groups is 1. The molecule has 144 valence electrons. The van der Waals surface area contributed by atoms with Gasteiger partial charge in [0.2, 0.25) is 5.95 Å². The number of H-pyrrole nitrogens is 1. The number of anilines is 1. The zero-order chi connectivity index (χ0) is 19.8. The predicted molar refractivity (Wildman–Crippen MR) is 100 cm³/mol. The van der Waals surface area contributed by atoms with Gasteiger partial charge in [-0.25, -0.2) is 5.43 Å². The minimum absolute atomic E-state index is 0.0818. The van der Waals surface area contributed by atoms with Crippen molar-refractivity contribution >= 4 is 18.1 Å². The maximum Gasteiger partial charge on any atom is 0.274 e. The molecule has 0 saturated heterocycles. The first-order valence-corrected chi connectivity index (χ1v) is 8.23. The number of hydrogen-bond donors (Lipinski definition) is 2. The Hall–Kier alpha value is -3.43. The van der Waals surface area contributed by atoms with E-state index in [2.05, 4.69) is 25.7 Å². The highest BCUT2D eigenvalue weighted by atomic mass is 16.5. The number of aryl methyl sites for hydroxylation is 1.